The van der Waals surface area contributed by atoms with E-state index >= 15 is 0 Å². The Bertz CT molecular complexity index is 1060. The highest BCUT2D eigenvalue weighted by Crippen LogP contribution is 2.30. The van der Waals surface area contributed by atoms with E-state index in [0.29, 0.717) is 11.1 Å². The first-order valence-corrected chi connectivity index (χ1v) is 8.07. The van der Waals surface area contributed by atoms with E-state index in [1.807, 2.05) is 6.07 Å². The van der Waals surface area contributed by atoms with Crippen LogP contribution in [0.25, 0.3) is 11.1 Å². The smallest absolute Gasteiger partial charge is 0.263 e. The van der Waals surface area contributed by atoms with Crippen molar-refractivity contribution >= 4 is 11.8 Å². The van der Waals surface area contributed by atoms with Gasteiger partial charge < -0.3 is 15.2 Å². The Balaban J connectivity index is 1.81. The molecule has 0 saturated carbocycles. The van der Waals surface area contributed by atoms with Crippen LogP contribution >= 0.6 is 0 Å². The summed E-state index contributed by atoms with van der Waals surface area (Å²) in [5, 5.41) is 21.2. The second kappa shape index (κ2) is 7.57. The molecule has 2 amide bonds. The van der Waals surface area contributed by atoms with Gasteiger partial charge in [-0.2, -0.15) is 0 Å². The van der Waals surface area contributed by atoms with Crippen molar-refractivity contribution in [2.24, 2.45) is 0 Å². The fraction of sp³-hybridized carbons (Fsp3) is 0.0500. The number of hydrogen-bond donors (Lipinski definition) is 4. The largest absolute Gasteiger partial charge is 0.504 e. The summed E-state index contributed by atoms with van der Waals surface area (Å²) in [6.07, 6.45) is 1.38. The van der Waals surface area contributed by atoms with Crippen molar-refractivity contribution in [1.82, 2.24) is 10.3 Å². The standard InChI is InChI=1S/C20H16N2O5/c23-16-7-6-13(10-17(16)24)14-9-15(19(26)21-11-14)20(27)22-18(25)8-12-4-2-1-3-5-12/h1-7,9-11,23-24H,8H2,(H,21,26)(H,22,25,27). The van der Waals surface area contributed by atoms with Crippen molar-refractivity contribution in [2.45, 2.75) is 6.42 Å². The first-order valence-electron chi connectivity index (χ1n) is 8.07. The summed E-state index contributed by atoms with van der Waals surface area (Å²) in [5.74, 6) is -1.96. The first-order chi connectivity index (χ1) is 12.9. The molecule has 0 unspecified atom stereocenters. The Kier molecular flexibility index (Phi) is 5.03. The molecule has 3 aromatic rings. The lowest BCUT2D eigenvalue weighted by Crippen LogP contribution is -2.35. The van der Waals surface area contributed by atoms with Crippen molar-refractivity contribution in [3.63, 3.8) is 0 Å². The summed E-state index contributed by atoms with van der Waals surface area (Å²) in [5.41, 5.74) is 0.773. The minimum absolute atomic E-state index is 0.00993. The summed E-state index contributed by atoms with van der Waals surface area (Å²) >= 11 is 0. The van der Waals surface area contributed by atoms with Crippen LogP contribution < -0.4 is 10.9 Å². The lowest BCUT2D eigenvalue weighted by Gasteiger charge is -2.07. The third-order valence-electron chi connectivity index (χ3n) is 3.92. The van der Waals surface area contributed by atoms with Crippen LogP contribution in [0.1, 0.15) is 15.9 Å². The van der Waals surface area contributed by atoms with Gasteiger partial charge in [0, 0.05) is 6.20 Å². The zero-order valence-corrected chi connectivity index (χ0v) is 14.1. The van der Waals surface area contributed by atoms with Crippen molar-refractivity contribution < 1.29 is 19.8 Å². The Morgan fingerprint density at radius 1 is 0.926 bits per heavy atom. The molecular formula is C20H16N2O5. The molecular weight excluding hydrogens is 348 g/mol. The number of rotatable bonds is 4. The van der Waals surface area contributed by atoms with Crippen molar-refractivity contribution in [2.75, 3.05) is 0 Å². The van der Waals surface area contributed by atoms with E-state index in [1.165, 1.54) is 30.5 Å². The maximum absolute atomic E-state index is 12.3. The summed E-state index contributed by atoms with van der Waals surface area (Å²) in [6, 6.07) is 14.3. The lowest BCUT2D eigenvalue weighted by molar-refractivity contribution is -0.119. The number of hydrogen-bond acceptors (Lipinski definition) is 5. The van der Waals surface area contributed by atoms with Gasteiger partial charge in [-0.05, 0) is 34.9 Å². The highest BCUT2D eigenvalue weighted by molar-refractivity contribution is 6.05. The number of phenols is 2. The van der Waals surface area contributed by atoms with E-state index in [4.69, 9.17) is 0 Å². The average Bonchev–Trinajstić information content (AvgIpc) is 2.65. The van der Waals surface area contributed by atoms with Gasteiger partial charge in [0.2, 0.25) is 5.91 Å². The van der Waals surface area contributed by atoms with Crippen LogP contribution in [0.4, 0.5) is 0 Å². The molecule has 136 valence electrons. The van der Waals surface area contributed by atoms with Gasteiger partial charge in [-0.1, -0.05) is 36.4 Å². The molecule has 1 aromatic heterocycles. The number of H-pyrrole nitrogens is 1. The number of nitrogens with one attached hydrogen (secondary N) is 2. The fourth-order valence-electron chi connectivity index (χ4n) is 2.54. The monoisotopic (exact) mass is 364 g/mol. The van der Waals surface area contributed by atoms with Crippen LogP contribution in [-0.4, -0.2) is 27.0 Å². The molecule has 4 N–H and O–H groups in total. The lowest BCUT2D eigenvalue weighted by atomic mass is 10.0. The maximum atomic E-state index is 12.3. The van der Waals surface area contributed by atoms with E-state index < -0.39 is 17.4 Å². The topological polar surface area (TPSA) is 119 Å². The highest BCUT2D eigenvalue weighted by Gasteiger charge is 2.16. The van der Waals surface area contributed by atoms with E-state index in [-0.39, 0.29) is 23.5 Å². The van der Waals surface area contributed by atoms with E-state index in [0.717, 1.165) is 5.56 Å². The minimum atomic E-state index is -0.818. The molecule has 0 aliphatic carbocycles. The van der Waals surface area contributed by atoms with Gasteiger partial charge in [-0.3, -0.25) is 19.7 Å². The quantitative estimate of drug-likeness (QED) is 0.528. The van der Waals surface area contributed by atoms with Gasteiger partial charge >= 0.3 is 0 Å². The molecule has 0 fully saturated rings. The normalized spacial score (nSPS) is 10.4. The Morgan fingerprint density at radius 2 is 1.67 bits per heavy atom. The Hall–Kier alpha value is -3.87. The summed E-state index contributed by atoms with van der Waals surface area (Å²) < 4.78 is 0. The van der Waals surface area contributed by atoms with E-state index in [2.05, 4.69) is 10.3 Å². The number of phenolic OH excluding ortho intramolecular Hbond substituents is 2. The Morgan fingerprint density at radius 3 is 2.37 bits per heavy atom. The number of pyridine rings is 1. The fourth-order valence-corrected chi connectivity index (χ4v) is 2.54. The van der Waals surface area contributed by atoms with Gasteiger partial charge in [-0.15, -0.1) is 0 Å². The van der Waals surface area contributed by atoms with E-state index in [9.17, 15) is 24.6 Å². The molecule has 7 heteroatoms. The molecule has 0 aliphatic rings. The van der Waals surface area contributed by atoms with Gasteiger partial charge in [-0.25, -0.2) is 0 Å². The molecule has 27 heavy (non-hydrogen) atoms. The SMILES string of the molecule is O=C(Cc1ccccc1)NC(=O)c1cc(-c2ccc(O)c(O)c2)c[nH]c1=O. The molecule has 2 aromatic carbocycles. The van der Waals surface area contributed by atoms with Crippen LogP contribution in [0.3, 0.4) is 0 Å². The number of aromatic amines is 1. The first kappa shape index (κ1) is 17.9. The molecule has 0 saturated heterocycles. The van der Waals surface area contributed by atoms with Crippen LogP contribution in [-0.2, 0) is 11.2 Å². The zero-order valence-electron chi connectivity index (χ0n) is 14.1. The minimum Gasteiger partial charge on any atom is -0.504 e. The molecule has 3 rings (SSSR count). The van der Waals surface area contributed by atoms with Crippen LogP contribution in [0.15, 0.2) is 65.6 Å². The number of carbonyl (C=O) groups excluding carboxylic acids is 2. The number of benzene rings is 2. The number of aromatic nitrogens is 1. The number of carbonyl (C=O) groups is 2. The molecule has 0 spiro atoms. The predicted molar refractivity (Wildman–Crippen MR) is 98.4 cm³/mol. The Labute approximate surface area is 153 Å². The van der Waals surface area contributed by atoms with Crippen molar-refractivity contribution in [3.05, 3.63) is 82.3 Å². The van der Waals surface area contributed by atoms with Gasteiger partial charge in [0.1, 0.15) is 5.56 Å². The molecule has 0 aliphatic heterocycles. The number of imide groups is 1. The third kappa shape index (κ3) is 4.21. The van der Waals surface area contributed by atoms with E-state index in [1.54, 1.807) is 24.3 Å². The van der Waals surface area contributed by atoms with Crippen molar-refractivity contribution in [1.29, 1.82) is 0 Å². The van der Waals surface area contributed by atoms with Crippen molar-refractivity contribution in [3.8, 4) is 22.6 Å². The van der Waals surface area contributed by atoms with Gasteiger partial charge in [0.25, 0.3) is 11.5 Å². The summed E-state index contributed by atoms with van der Waals surface area (Å²) in [4.78, 5) is 38.8. The van der Waals surface area contributed by atoms with Gasteiger partial charge in [0.05, 0.1) is 6.42 Å². The molecule has 1 heterocycles. The summed E-state index contributed by atoms with van der Waals surface area (Å²) in [7, 11) is 0. The predicted octanol–water partition coefficient (Wildman–Crippen LogP) is 1.95. The van der Waals surface area contributed by atoms with Crippen LogP contribution in [0.5, 0.6) is 11.5 Å². The second-order valence-corrected chi connectivity index (χ2v) is 5.87. The highest BCUT2D eigenvalue weighted by atomic mass is 16.3. The molecule has 0 radical (unpaired) electrons. The third-order valence-corrected chi connectivity index (χ3v) is 3.92. The van der Waals surface area contributed by atoms with Gasteiger partial charge in [0.15, 0.2) is 11.5 Å². The second-order valence-electron chi connectivity index (χ2n) is 5.87. The zero-order chi connectivity index (χ0) is 19.4. The number of aromatic hydroxyl groups is 2. The van der Waals surface area contributed by atoms with Crippen LogP contribution in [0, 0.1) is 0 Å². The summed E-state index contributed by atoms with van der Waals surface area (Å²) in [6.45, 7) is 0. The molecule has 7 nitrogen and oxygen atoms in total. The van der Waals surface area contributed by atoms with Crippen LogP contribution in [0.2, 0.25) is 0 Å². The average molecular weight is 364 g/mol. The molecule has 0 atom stereocenters. The number of amides is 2. The maximum Gasteiger partial charge on any atom is 0.263 e. The molecule has 0 bridgehead atoms.